The number of aliphatic imine (C=N–C) groups is 1. The van der Waals surface area contributed by atoms with E-state index in [2.05, 4.69) is 10.3 Å². The van der Waals surface area contributed by atoms with Gasteiger partial charge in [-0.15, -0.1) is 0 Å². The Bertz CT molecular complexity index is 1390. The number of benzene rings is 4. The molecule has 0 atom stereocenters. The van der Waals surface area contributed by atoms with Gasteiger partial charge in [-0.3, -0.25) is 4.79 Å². The number of halogens is 1. The maximum absolute atomic E-state index is 12.5. The molecule has 1 heterocycles. The lowest BCUT2D eigenvalue weighted by Gasteiger charge is -2.08. The second kappa shape index (κ2) is 9.53. The first kappa shape index (κ1) is 21.3. The monoisotopic (exact) mass is 470 g/mol. The van der Waals surface area contributed by atoms with Crippen molar-refractivity contribution in [2.45, 2.75) is 6.61 Å². The molecule has 4 aromatic rings. The highest BCUT2D eigenvalue weighted by molar-refractivity contribution is 8.18. The third kappa shape index (κ3) is 4.95. The van der Waals surface area contributed by atoms with Crippen LogP contribution < -0.4 is 10.1 Å². The van der Waals surface area contributed by atoms with Crippen LogP contribution in [-0.4, -0.2) is 11.1 Å². The number of nitrogens with zero attached hydrogens (tertiary/aromatic N) is 1. The second-order valence-electron chi connectivity index (χ2n) is 7.43. The van der Waals surface area contributed by atoms with E-state index in [1.807, 2.05) is 97.1 Å². The molecule has 4 aromatic carbocycles. The summed E-state index contributed by atoms with van der Waals surface area (Å²) in [6, 6.07) is 29.2. The topological polar surface area (TPSA) is 50.7 Å². The van der Waals surface area contributed by atoms with Crippen LogP contribution in [0.5, 0.6) is 5.75 Å². The molecule has 0 aromatic heterocycles. The number of hydrogen-bond donors (Lipinski definition) is 1. The summed E-state index contributed by atoms with van der Waals surface area (Å²) in [6.45, 7) is 0.395. The van der Waals surface area contributed by atoms with Crippen molar-refractivity contribution in [3.8, 4) is 5.75 Å². The van der Waals surface area contributed by atoms with Crippen molar-refractivity contribution < 1.29 is 9.53 Å². The van der Waals surface area contributed by atoms with E-state index in [1.54, 1.807) is 0 Å². The molecule has 0 unspecified atom stereocenters. The Morgan fingerprint density at radius 1 is 0.909 bits per heavy atom. The Morgan fingerprint density at radius 2 is 1.67 bits per heavy atom. The van der Waals surface area contributed by atoms with E-state index in [0.29, 0.717) is 21.7 Å². The quantitative estimate of drug-likeness (QED) is 0.320. The molecule has 6 heteroatoms. The minimum Gasteiger partial charge on any atom is -0.489 e. The smallest absolute Gasteiger partial charge is 0.264 e. The largest absolute Gasteiger partial charge is 0.489 e. The van der Waals surface area contributed by atoms with Crippen LogP contribution in [0.1, 0.15) is 11.1 Å². The van der Waals surface area contributed by atoms with Crippen LogP contribution >= 0.6 is 23.4 Å². The number of fused-ring (bicyclic) bond motifs is 1. The standard InChI is InChI=1S/C27H19ClN2O2S/c28-23-10-4-2-7-20(23)17-32-21-14-12-18(13-15-21)16-25-26(31)30-27(33-25)29-24-11-5-8-19-6-1-3-9-22(19)24/h1-16H,17H2,(H,29,30,31). The highest BCUT2D eigenvalue weighted by Gasteiger charge is 2.24. The van der Waals surface area contributed by atoms with Crippen LogP contribution in [0.2, 0.25) is 5.02 Å². The summed E-state index contributed by atoms with van der Waals surface area (Å²) in [6.07, 6.45) is 1.85. The SMILES string of the molecule is O=C1NC(=Nc2cccc3ccccc23)SC1=Cc1ccc(OCc2ccccc2Cl)cc1. The highest BCUT2D eigenvalue weighted by atomic mass is 35.5. The molecule has 162 valence electrons. The average Bonchev–Trinajstić information content (AvgIpc) is 3.18. The summed E-state index contributed by atoms with van der Waals surface area (Å²) in [5, 5.41) is 6.28. The molecule has 1 aliphatic rings. The number of nitrogens with one attached hydrogen (secondary N) is 1. The highest BCUT2D eigenvalue weighted by Crippen LogP contribution is 2.31. The Hall–Kier alpha value is -3.54. The maximum atomic E-state index is 12.5. The van der Waals surface area contributed by atoms with Gasteiger partial charge >= 0.3 is 0 Å². The van der Waals surface area contributed by atoms with Gasteiger partial charge in [0.15, 0.2) is 5.17 Å². The van der Waals surface area contributed by atoms with Crippen LogP contribution in [0.3, 0.4) is 0 Å². The fourth-order valence-electron chi connectivity index (χ4n) is 3.48. The summed E-state index contributed by atoms with van der Waals surface area (Å²) < 4.78 is 5.83. The lowest BCUT2D eigenvalue weighted by molar-refractivity contribution is -0.115. The second-order valence-corrected chi connectivity index (χ2v) is 8.87. The maximum Gasteiger partial charge on any atom is 0.264 e. The van der Waals surface area contributed by atoms with Gasteiger partial charge in [0, 0.05) is 16.0 Å². The van der Waals surface area contributed by atoms with E-state index >= 15 is 0 Å². The van der Waals surface area contributed by atoms with Gasteiger partial charge in [-0.1, -0.05) is 78.3 Å². The average molecular weight is 471 g/mol. The molecule has 0 bridgehead atoms. The van der Waals surface area contributed by atoms with Gasteiger partial charge in [0.1, 0.15) is 12.4 Å². The van der Waals surface area contributed by atoms with Crippen LogP contribution in [0, 0.1) is 0 Å². The molecular weight excluding hydrogens is 452 g/mol. The molecule has 1 aliphatic heterocycles. The van der Waals surface area contributed by atoms with Crippen molar-refractivity contribution in [2.75, 3.05) is 0 Å². The van der Waals surface area contributed by atoms with E-state index in [0.717, 1.165) is 33.3 Å². The van der Waals surface area contributed by atoms with E-state index < -0.39 is 0 Å². The van der Waals surface area contributed by atoms with Crippen molar-refractivity contribution in [3.63, 3.8) is 0 Å². The number of amidine groups is 1. The number of carbonyl (C=O) groups is 1. The third-order valence-corrected chi connectivity index (χ3v) is 6.45. The fourth-order valence-corrected chi connectivity index (χ4v) is 4.51. The third-order valence-electron chi connectivity index (χ3n) is 5.17. The molecule has 33 heavy (non-hydrogen) atoms. The zero-order valence-corrected chi connectivity index (χ0v) is 19.1. The number of rotatable bonds is 5. The van der Waals surface area contributed by atoms with Gasteiger partial charge in [-0.25, -0.2) is 4.99 Å². The fraction of sp³-hybridized carbons (Fsp3) is 0.0370. The zero-order chi connectivity index (χ0) is 22.6. The normalized spacial score (nSPS) is 15.8. The predicted octanol–water partition coefficient (Wildman–Crippen LogP) is 6.96. The van der Waals surface area contributed by atoms with Crippen LogP contribution in [0.15, 0.2) is 101 Å². The molecule has 1 fully saturated rings. The summed E-state index contributed by atoms with van der Waals surface area (Å²) in [5.41, 5.74) is 2.67. The first-order valence-corrected chi connectivity index (χ1v) is 11.6. The summed E-state index contributed by atoms with van der Waals surface area (Å²) in [5.74, 6) is 0.580. The molecular formula is C27H19ClN2O2S. The predicted molar refractivity (Wildman–Crippen MR) is 137 cm³/mol. The van der Waals surface area contributed by atoms with E-state index in [1.165, 1.54) is 11.8 Å². The van der Waals surface area contributed by atoms with Gasteiger partial charge in [0.25, 0.3) is 5.91 Å². The molecule has 1 amide bonds. The van der Waals surface area contributed by atoms with Crippen molar-refractivity contribution in [3.05, 3.63) is 112 Å². The molecule has 1 saturated heterocycles. The Balaban J connectivity index is 1.29. The molecule has 5 rings (SSSR count). The number of hydrogen-bond acceptors (Lipinski definition) is 4. The number of ether oxygens (including phenoxy) is 1. The van der Waals surface area contributed by atoms with Crippen molar-refractivity contribution in [2.24, 2.45) is 4.99 Å². The zero-order valence-electron chi connectivity index (χ0n) is 17.5. The lowest BCUT2D eigenvalue weighted by Crippen LogP contribution is -2.19. The molecule has 4 nitrogen and oxygen atoms in total. The van der Waals surface area contributed by atoms with Gasteiger partial charge < -0.3 is 10.1 Å². The van der Waals surface area contributed by atoms with E-state index in [9.17, 15) is 4.79 Å². The molecule has 1 N–H and O–H groups in total. The minimum atomic E-state index is -0.155. The number of carbonyl (C=O) groups excluding carboxylic acids is 1. The lowest BCUT2D eigenvalue weighted by atomic mass is 10.1. The Kier molecular flexibility index (Phi) is 6.15. The van der Waals surface area contributed by atoms with Crippen molar-refractivity contribution in [1.82, 2.24) is 5.32 Å². The van der Waals surface area contributed by atoms with Gasteiger partial charge in [-0.05, 0) is 53.1 Å². The number of thioether (sulfide) groups is 1. The van der Waals surface area contributed by atoms with Crippen LogP contribution in [0.25, 0.3) is 16.8 Å². The Morgan fingerprint density at radius 3 is 2.52 bits per heavy atom. The van der Waals surface area contributed by atoms with Gasteiger partial charge in [0.2, 0.25) is 0 Å². The van der Waals surface area contributed by atoms with Crippen molar-refractivity contribution >= 4 is 57.0 Å². The van der Waals surface area contributed by atoms with Crippen LogP contribution in [0.4, 0.5) is 5.69 Å². The minimum absolute atomic E-state index is 0.155. The molecule has 0 radical (unpaired) electrons. The summed E-state index contributed by atoms with van der Waals surface area (Å²) in [4.78, 5) is 17.8. The van der Waals surface area contributed by atoms with E-state index in [4.69, 9.17) is 16.3 Å². The first-order chi connectivity index (χ1) is 16.2. The number of amides is 1. The summed E-state index contributed by atoms with van der Waals surface area (Å²) in [7, 11) is 0. The van der Waals surface area contributed by atoms with Gasteiger partial charge in [-0.2, -0.15) is 0 Å². The Labute approximate surface area is 201 Å². The molecule has 0 spiro atoms. The summed E-state index contributed by atoms with van der Waals surface area (Å²) >= 11 is 7.51. The van der Waals surface area contributed by atoms with E-state index in [-0.39, 0.29) is 5.91 Å². The van der Waals surface area contributed by atoms with Crippen molar-refractivity contribution in [1.29, 1.82) is 0 Å². The first-order valence-electron chi connectivity index (χ1n) is 10.4. The van der Waals surface area contributed by atoms with Crippen LogP contribution in [-0.2, 0) is 11.4 Å². The molecule has 0 saturated carbocycles. The molecule has 0 aliphatic carbocycles. The van der Waals surface area contributed by atoms with Gasteiger partial charge in [0.05, 0.1) is 10.6 Å².